The van der Waals surface area contributed by atoms with Crippen molar-refractivity contribution < 1.29 is 18.7 Å². The second-order valence-electron chi connectivity index (χ2n) is 5.45. The van der Waals surface area contributed by atoms with E-state index < -0.39 is 29.9 Å². The largest absolute Gasteiger partial charge is 0.386 e. The van der Waals surface area contributed by atoms with Gasteiger partial charge in [0, 0.05) is 0 Å². The molecule has 0 fully saturated rings. The van der Waals surface area contributed by atoms with Gasteiger partial charge < -0.3 is 10.4 Å². The van der Waals surface area contributed by atoms with Crippen LogP contribution in [0, 0.1) is 5.41 Å². The number of carbonyl (C=O) groups excluding carboxylic acids is 1. The summed E-state index contributed by atoms with van der Waals surface area (Å²) < 4.78 is 25.5. The van der Waals surface area contributed by atoms with Crippen LogP contribution in [0.15, 0.2) is 24.3 Å². The topological polar surface area (TPSA) is 49.3 Å². The zero-order valence-electron chi connectivity index (χ0n) is 10.9. The number of rotatable bonds is 3. The molecule has 5 heteroatoms. The number of benzene rings is 1. The molecule has 0 aromatic heterocycles. The fraction of sp³-hybridized carbons (Fsp3) is 0.500. The third kappa shape index (κ3) is 2.47. The van der Waals surface area contributed by atoms with E-state index in [-0.39, 0.29) is 0 Å². The second kappa shape index (κ2) is 4.89. The summed E-state index contributed by atoms with van der Waals surface area (Å²) in [5.74, 6) is -0.737. The number of carbonyl (C=O) groups is 1. The average Bonchev–Trinajstić information content (AvgIpc) is 2.67. The van der Waals surface area contributed by atoms with Crippen LogP contribution in [0.5, 0.6) is 0 Å². The molecule has 3 nitrogen and oxygen atoms in total. The highest BCUT2D eigenvalue weighted by Gasteiger charge is 2.41. The Balaban J connectivity index is 2.09. The number of aliphatic hydroxyl groups excluding tert-OH is 1. The van der Waals surface area contributed by atoms with E-state index in [9.17, 15) is 18.7 Å². The third-order valence-electron chi connectivity index (χ3n) is 3.64. The van der Waals surface area contributed by atoms with Crippen LogP contribution in [0.4, 0.5) is 8.78 Å². The molecule has 1 aromatic carbocycles. The highest BCUT2D eigenvalue weighted by atomic mass is 19.3. The summed E-state index contributed by atoms with van der Waals surface area (Å²) in [5.41, 5.74) is -0.0630. The molecule has 2 atom stereocenters. The summed E-state index contributed by atoms with van der Waals surface area (Å²) in [7, 11) is 0. The van der Waals surface area contributed by atoms with Crippen LogP contribution in [-0.4, -0.2) is 23.5 Å². The first-order valence-electron chi connectivity index (χ1n) is 6.19. The van der Waals surface area contributed by atoms with Gasteiger partial charge in [0.15, 0.2) is 0 Å². The van der Waals surface area contributed by atoms with Crippen molar-refractivity contribution in [1.82, 2.24) is 5.32 Å². The Bertz CT molecular complexity index is 488. The molecular weight excluding hydrogens is 252 g/mol. The standard InChI is InChI=1S/C14H17F2NO2/c1-14(2,12(15)16)13(19)17-10-7-8-5-3-4-6-9(8)11(10)18/h3-6,10-12,18H,7H2,1-2H3,(H,17,19)/t10-,11-/m0/s1. The molecule has 0 radical (unpaired) electrons. The lowest BCUT2D eigenvalue weighted by Gasteiger charge is -2.26. The van der Waals surface area contributed by atoms with Gasteiger partial charge in [0.1, 0.15) is 5.41 Å². The molecular formula is C14H17F2NO2. The summed E-state index contributed by atoms with van der Waals surface area (Å²) in [4.78, 5) is 11.9. The number of alkyl halides is 2. The molecule has 104 valence electrons. The molecule has 2 N–H and O–H groups in total. The first kappa shape index (κ1) is 13.9. The van der Waals surface area contributed by atoms with E-state index in [0.29, 0.717) is 6.42 Å². The summed E-state index contributed by atoms with van der Waals surface area (Å²) in [6, 6.07) is 6.75. The zero-order valence-corrected chi connectivity index (χ0v) is 10.9. The van der Waals surface area contributed by atoms with Gasteiger partial charge in [-0.1, -0.05) is 24.3 Å². The van der Waals surface area contributed by atoms with Gasteiger partial charge in [0.05, 0.1) is 12.1 Å². The van der Waals surface area contributed by atoms with Crippen LogP contribution in [0.1, 0.15) is 31.1 Å². The Morgan fingerprint density at radius 3 is 2.63 bits per heavy atom. The molecule has 1 aliphatic carbocycles. The fourth-order valence-electron chi connectivity index (χ4n) is 2.16. The Morgan fingerprint density at radius 2 is 2.05 bits per heavy atom. The normalized spacial score (nSPS) is 22.4. The average molecular weight is 269 g/mol. The van der Waals surface area contributed by atoms with E-state index >= 15 is 0 Å². The van der Waals surface area contributed by atoms with Crippen molar-refractivity contribution in [2.75, 3.05) is 0 Å². The summed E-state index contributed by atoms with van der Waals surface area (Å²) in [6.45, 7) is 2.39. The highest BCUT2D eigenvalue weighted by molar-refractivity contribution is 5.82. The molecule has 1 amide bonds. The molecule has 0 bridgehead atoms. The number of hydrogen-bond donors (Lipinski definition) is 2. The number of nitrogens with one attached hydrogen (secondary N) is 1. The maximum atomic E-state index is 12.8. The van der Waals surface area contributed by atoms with Crippen LogP contribution in [0.25, 0.3) is 0 Å². The van der Waals surface area contributed by atoms with Gasteiger partial charge in [0.2, 0.25) is 5.91 Å². The van der Waals surface area contributed by atoms with Gasteiger partial charge in [-0.15, -0.1) is 0 Å². The minimum atomic E-state index is -2.74. The summed E-state index contributed by atoms with van der Waals surface area (Å²) in [6.07, 6.45) is -3.12. The molecule has 0 aliphatic heterocycles. The molecule has 19 heavy (non-hydrogen) atoms. The Labute approximate surface area is 110 Å². The van der Waals surface area contributed by atoms with Crippen LogP contribution in [0.3, 0.4) is 0 Å². The lowest BCUT2D eigenvalue weighted by atomic mass is 9.92. The second-order valence-corrected chi connectivity index (χ2v) is 5.45. The number of amides is 1. The fourth-order valence-corrected chi connectivity index (χ4v) is 2.16. The van der Waals surface area contributed by atoms with Crippen molar-refractivity contribution in [3.05, 3.63) is 35.4 Å². The quantitative estimate of drug-likeness (QED) is 0.882. The zero-order chi connectivity index (χ0) is 14.2. The summed E-state index contributed by atoms with van der Waals surface area (Å²) in [5, 5.41) is 12.6. The van der Waals surface area contributed by atoms with Crippen LogP contribution in [-0.2, 0) is 11.2 Å². The Kier molecular flexibility index (Phi) is 3.58. The predicted octanol–water partition coefficient (Wildman–Crippen LogP) is 2.05. The van der Waals surface area contributed by atoms with E-state index in [2.05, 4.69) is 5.32 Å². The van der Waals surface area contributed by atoms with E-state index in [0.717, 1.165) is 11.1 Å². The lowest BCUT2D eigenvalue weighted by Crippen LogP contribution is -2.47. The number of hydrogen-bond acceptors (Lipinski definition) is 2. The smallest absolute Gasteiger partial charge is 0.252 e. The maximum Gasteiger partial charge on any atom is 0.252 e. The highest BCUT2D eigenvalue weighted by Crippen LogP contribution is 2.32. The van der Waals surface area contributed by atoms with Gasteiger partial charge in [-0.2, -0.15) is 0 Å². The lowest BCUT2D eigenvalue weighted by molar-refractivity contribution is -0.139. The van der Waals surface area contributed by atoms with Gasteiger partial charge in [-0.3, -0.25) is 4.79 Å². The molecule has 0 unspecified atom stereocenters. The molecule has 1 aromatic rings. The molecule has 0 heterocycles. The molecule has 0 spiro atoms. The molecule has 2 rings (SSSR count). The minimum absolute atomic E-state index is 0.461. The van der Waals surface area contributed by atoms with Crippen molar-refractivity contribution in [1.29, 1.82) is 0 Å². The van der Waals surface area contributed by atoms with Crippen molar-refractivity contribution >= 4 is 5.91 Å². The van der Waals surface area contributed by atoms with Crippen molar-refractivity contribution in [3.63, 3.8) is 0 Å². The SMILES string of the molecule is CC(C)(C(=O)N[C@H]1Cc2ccccc2[C@@H]1O)C(F)F. The molecule has 0 saturated heterocycles. The van der Waals surface area contributed by atoms with E-state index in [1.807, 2.05) is 12.1 Å². The number of fused-ring (bicyclic) bond motifs is 1. The van der Waals surface area contributed by atoms with Gasteiger partial charge >= 0.3 is 0 Å². The van der Waals surface area contributed by atoms with E-state index in [1.54, 1.807) is 12.1 Å². The molecule has 0 saturated carbocycles. The van der Waals surface area contributed by atoms with E-state index in [1.165, 1.54) is 13.8 Å². The molecule has 1 aliphatic rings. The van der Waals surface area contributed by atoms with E-state index in [4.69, 9.17) is 0 Å². The van der Waals surface area contributed by atoms with Crippen LogP contribution in [0.2, 0.25) is 0 Å². The minimum Gasteiger partial charge on any atom is -0.386 e. The first-order chi connectivity index (χ1) is 8.84. The van der Waals surface area contributed by atoms with Crippen molar-refractivity contribution in [3.8, 4) is 0 Å². The van der Waals surface area contributed by atoms with Crippen molar-refractivity contribution in [2.45, 2.75) is 38.8 Å². The van der Waals surface area contributed by atoms with Gasteiger partial charge in [-0.05, 0) is 31.4 Å². The first-order valence-corrected chi connectivity index (χ1v) is 6.19. The Morgan fingerprint density at radius 1 is 1.42 bits per heavy atom. The Hall–Kier alpha value is -1.49. The summed E-state index contributed by atoms with van der Waals surface area (Å²) >= 11 is 0. The maximum absolute atomic E-state index is 12.8. The number of halogens is 2. The predicted molar refractivity (Wildman–Crippen MR) is 66.8 cm³/mol. The number of aliphatic hydroxyl groups is 1. The third-order valence-corrected chi connectivity index (χ3v) is 3.64. The van der Waals surface area contributed by atoms with Crippen LogP contribution >= 0.6 is 0 Å². The van der Waals surface area contributed by atoms with Gasteiger partial charge in [0.25, 0.3) is 6.43 Å². The monoisotopic (exact) mass is 269 g/mol. The van der Waals surface area contributed by atoms with Crippen LogP contribution < -0.4 is 5.32 Å². The van der Waals surface area contributed by atoms with Crippen molar-refractivity contribution in [2.24, 2.45) is 5.41 Å². The van der Waals surface area contributed by atoms with Gasteiger partial charge in [-0.25, -0.2) is 8.78 Å².